The summed E-state index contributed by atoms with van der Waals surface area (Å²) in [5, 5.41) is 1.07. The van der Waals surface area contributed by atoms with Crippen LogP contribution < -0.4 is 4.74 Å². The Kier molecular flexibility index (Phi) is 3.34. The van der Waals surface area contributed by atoms with Crippen LogP contribution in [0, 0.1) is 0 Å². The van der Waals surface area contributed by atoms with Crippen LogP contribution in [0.5, 0.6) is 11.5 Å². The van der Waals surface area contributed by atoms with E-state index in [2.05, 4.69) is 4.98 Å². The highest BCUT2D eigenvalue weighted by Gasteiger charge is 2.00. The highest BCUT2D eigenvalue weighted by Crippen LogP contribution is 2.25. The highest BCUT2D eigenvalue weighted by atomic mass is 35.5. The molecule has 3 heteroatoms. The van der Waals surface area contributed by atoms with Gasteiger partial charge < -0.3 is 4.74 Å². The lowest BCUT2D eigenvalue weighted by Crippen LogP contribution is -1.86. The normalized spacial score (nSPS) is 10.6. The van der Waals surface area contributed by atoms with Crippen LogP contribution in [0.3, 0.4) is 0 Å². The van der Waals surface area contributed by atoms with Crippen molar-refractivity contribution in [3.05, 3.63) is 66.4 Å². The molecule has 0 atom stereocenters. The van der Waals surface area contributed by atoms with Gasteiger partial charge in [0, 0.05) is 17.5 Å². The summed E-state index contributed by atoms with van der Waals surface area (Å²) >= 11 is 5.76. The molecule has 2 aromatic carbocycles. The standard InChI is InChI=1S/C16H12ClNO/c17-11-12-3-5-14(6-4-12)19-15-7-8-16-13(10-15)2-1-9-18-16/h1-10H,11H2. The van der Waals surface area contributed by atoms with E-state index in [4.69, 9.17) is 16.3 Å². The first-order chi connectivity index (χ1) is 9.35. The molecule has 0 unspecified atom stereocenters. The van der Waals surface area contributed by atoms with Crippen LogP contribution in [0.1, 0.15) is 5.56 Å². The maximum absolute atomic E-state index is 5.82. The predicted octanol–water partition coefficient (Wildman–Crippen LogP) is 4.77. The van der Waals surface area contributed by atoms with Gasteiger partial charge in [-0.15, -0.1) is 11.6 Å². The molecule has 1 heterocycles. The van der Waals surface area contributed by atoms with Crippen LogP contribution in [-0.2, 0) is 5.88 Å². The van der Waals surface area contributed by atoms with E-state index in [1.54, 1.807) is 6.20 Å². The third kappa shape index (κ3) is 2.69. The van der Waals surface area contributed by atoms with Crippen molar-refractivity contribution in [1.82, 2.24) is 4.98 Å². The summed E-state index contributed by atoms with van der Waals surface area (Å²) in [6.07, 6.45) is 1.79. The van der Waals surface area contributed by atoms with Gasteiger partial charge in [-0.05, 0) is 42.0 Å². The summed E-state index contributed by atoms with van der Waals surface area (Å²) < 4.78 is 5.82. The minimum Gasteiger partial charge on any atom is -0.457 e. The number of aromatic nitrogens is 1. The summed E-state index contributed by atoms with van der Waals surface area (Å²) in [4.78, 5) is 4.28. The smallest absolute Gasteiger partial charge is 0.128 e. The van der Waals surface area contributed by atoms with Gasteiger partial charge >= 0.3 is 0 Å². The first kappa shape index (κ1) is 12.0. The fourth-order valence-electron chi connectivity index (χ4n) is 1.90. The molecule has 19 heavy (non-hydrogen) atoms. The second-order valence-electron chi connectivity index (χ2n) is 4.24. The molecule has 0 saturated heterocycles. The minimum atomic E-state index is 0.516. The Labute approximate surface area is 116 Å². The molecule has 0 aliphatic carbocycles. The zero-order chi connectivity index (χ0) is 13.1. The van der Waals surface area contributed by atoms with Gasteiger partial charge in [-0.25, -0.2) is 0 Å². The van der Waals surface area contributed by atoms with Gasteiger partial charge in [-0.1, -0.05) is 18.2 Å². The number of hydrogen-bond donors (Lipinski definition) is 0. The molecule has 3 rings (SSSR count). The molecular weight excluding hydrogens is 258 g/mol. The van der Waals surface area contributed by atoms with Gasteiger partial charge in [0.2, 0.25) is 0 Å². The van der Waals surface area contributed by atoms with Crippen molar-refractivity contribution in [2.75, 3.05) is 0 Å². The molecular formula is C16H12ClNO. The average Bonchev–Trinajstić information content (AvgIpc) is 2.48. The topological polar surface area (TPSA) is 22.1 Å². The molecule has 0 N–H and O–H groups in total. The number of alkyl halides is 1. The Balaban J connectivity index is 1.87. The minimum absolute atomic E-state index is 0.516. The summed E-state index contributed by atoms with van der Waals surface area (Å²) in [7, 11) is 0. The molecule has 0 fully saturated rings. The SMILES string of the molecule is ClCc1ccc(Oc2ccc3ncccc3c2)cc1. The van der Waals surface area contributed by atoms with Gasteiger partial charge in [-0.2, -0.15) is 0 Å². The van der Waals surface area contributed by atoms with Crippen molar-refractivity contribution in [1.29, 1.82) is 0 Å². The first-order valence-electron chi connectivity index (χ1n) is 6.03. The average molecular weight is 270 g/mol. The Bertz CT molecular complexity index is 694. The second-order valence-corrected chi connectivity index (χ2v) is 4.50. The summed E-state index contributed by atoms with van der Waals surface area (Å²) in [5.74, 6) is 2.12. The maximum atomic E-state index is 5.82. The summed E-state index contributed by atoms with van der Waals surface area (Å²) in [6, 6.07) is 17.6. The van der Waals surface area contributed by atoms with E-state index in [-0.39, 0.29) is 0 Å². The predicted molar refractivity (Wildman–Crippen MR) is 77.8 cm³/mol. The van der Waals surface area contributed by atoms with Crippen LogP contribution in [0.25, 0.3) is 10.9 Å². The van der Waals surface area contributed by atoms with Crippen LogP contribution in [-0.4, -0.2) is 4.98 Å². The van der Waals surface area contributed by atoms with Gasteiger partial charge in [0.25, 0.3) is 0 Å². The van der Waals surface area contributed by atoms with Crippen molar-refractivity contribution in [2.45, 2.75) is 5.88 Å². The van der Waals surface area contributed by atoms with Crippen molar-refractivity contribution in [2.24, 2.45) is 0 Å². The number of pyridine rings is 1. The van der Waals surface area contributed by atoms with Crippen molar-refractivity contribution in [3.8, 4) is 11.5 Å². The first-order valence-corrected chi connectivity index (χ1v) is 6.56. The van der Waals surface area contributed by atoms with Crippen LogP contribution in [0.4, 0.5) is 0 Å². The molecule has 0 bridgehead atoms. The number of rotatable bonds is 3. The molecule has 2 nitrogen and oxygen atoms in total. The second kappa shape index (κ2) is 5.29. The molecule has 0 aliphatic heterocycles. The van der Waals surface area contributed by atoms with E-state index in [1.165, 1.54) is 0 Å². The zero-order valence-corrected chi connectivity index (χ0v) is 11.0. The van der Waals surface area contributed by atoms with E-state index in [1.807, 2.05) is 54.6 Å². The van der Waals surface area contributed by atoms with E-state index < -0.39 is 0 Å². The monoisotopic (exact) mass is 269 g/mol. The number of halogens is 1. The number of ether oxygens (including phenoxy) is 1. The quantitative estimate of drug-likeness (QED) is 0.639. The number of benzene rings is 2. The number of nitrogens with zero attached hydrogens (tertiary/aromatic N) is 1. The number of hydrogen-bond acceptors (Lipinski definition) is 2. The van der Waals surface area contributed by atoms with Gasteiger partial charge in [0.05, 0.1) is 5.52 Å². The van der Waals surface area contributed by atoms with E-state index in [9.17, 15) is 0 Å². The highest BCUT2D eigenvalue weighted by molar-refractivity contribution is 6.17. The Morgan fingerprint density at radius 1 is 0.947 bits per heavy atom. The summed E-state index contributed by atoms with van der Waals surface area (Å²) in [5.41, 5.74) is 2.05. The van der Waals surface area contributed by atoms with E-state index in [0.717, 1.165) is 28.0 Å². The van der Waals surface area contributed by atoms with Crippen LogP contribution in [0.2, 0.25) is 0 Å². The van der Waals surface area contributed by atoms with E-state index in [0.29, 0.717) is 5.88 Å². The lowest BCUT2D eigenvalue weighted by Gasteiger charge is -2.07. The fourth-order valence-corrected chi connectivity index (χ4v) is 2.08. The number of fused-ring (bicyclic) bond motifs is 1. The lowest BCUT2D eigenvalue weighted by molar-refractivity contribution is 0.483. The van der Waals surface area contributed by atoms with Crippen LogP contribution >= 0.6 is 11.6 Å². The van der Waals surface area contributed by atoms with Gasteiger partial charge in [0.15, 0.2) is 0 Å². The largest absolute Gasteiger partial charge is 0.457 e. The third-order valence-electron chi connectivity index (χ3n) is 2.89. The molecule has 0 spiro atoms. The van der Waals surface area contributed by atoms with E-state index >= 15 is 0 Å². The zero-order valence-electron chi connectivity index (χ0n) is 10.2. The molecule has 0 radical (unpaired) electrons. The third-order valence-corrected chi connectivity index (χ3v) is 3.20. The molecule has 3 aromatic rings. The summed E-state index contributed by atoms with van der Waals surface area (Å²) in [6.45, 7) is 0. The molecule has 0 aliphatic rings. The molecule has 1 aromatic heterocycles. The Morgan fingerprint density at radius 3 is 2.53 bits per heavy atom. The maximum Gasteiger partial charge on any atom is 0.128 e. The van der Waals surface area contributed by atoms with Crippen molar-refractivity contribution in [3.63, 3.8) is 0 Å². The molecule has 0 saturated carbocycles. The Morgan fingerprint density at radius 2 is 1.74 bits per heavy atom. The van der Waals surface area contributed by atoms with Crippen LogP contribution in [0.15, 0.2) is 60.8 Å². The van der Waals surface area contributed by atoms with Gasteiger partial charge in [0.1, 0.15) is 11.5 Å². The lowest BCUT2D eigenvalue weighted by atomic mass is 10.2. The van der Waals surface area contributed by atoms with Crippen molar-refractivity contribution >= 4 is 22.5 Å². The fraction of sp³-hybridized carbons (Fsp3) is 0.0625. The van der Waals surface area contributed by atoms with Gasteiger partial charge in [-0.3, -0.25) is 4.98 Å². The van der Waals surface area contributed by atoms with Crippen molar-refractivity contribution < 1.29 is 4.74 Å². The Hall–Kier alpha value is -2.06. The molecule has 94 valence electrons. The molecule has 0 amide bonds.